The van der Waals surface area contributed by atoms with E-state index < -0.39 is 5.97 Å². The monoisotopic (exact) mass is 324 g/mol. The van der Waals surface area contributed by atoms with E-state index in [1.165, 1.54) is 7.11 Å². The number of carbonyl (C=O) groups is 2. The van der Waals surface area contributed by atoms with Gasteiger partial charge in [-0.3, -0.25) is 4.79 Å². The van der Waals surface area contributed by atoms with Crippen molar-refractivity contribution in [2.75, 3.05) is 20.2 Å². The second kappa shape index (κ2) is 13.7. The molecule has 0 fully saturated rings. The zero-order valence-electron chi connectivity index (χ0n) is 14.5. The van der Waals surface area contributed by atoms with E-state index in [9.17, 15) is 9.59 Å². The first-order chi connectivity index (χ1) is 11.2. The van der Waals surface area contributed by atoms with Crippen LogP contribution in [0.1, 0.15) is 49.9 Å². The summed E-state index contributed by atoms with van der Waals surface area (Å²) < 4.78 is 6.31. The number of amides is 1. The van der Waals surface area contributed by atoms with Gasteiger partial charge in [0, 0.05) is 12.6 Å². The van der Waals surface area contributed by atoms with Crippen LogP contribution in [0.3, 0.4) is 0 Å². The van der Waals surface area contributed by atoms with Crippen LogP contribution in [0.25, 0.3) is 0 Å². The SMILES string of the molecule is CC.COC(=O)c1ccc[n+](CC(=O)NCCCCCCN)c1. The number of esters is 1. The number of nitrogens with zero attached hydrogens (tertiary/aromatic N) is 1. The summed E-state index contributed by atoms with van der Waals surface area (Å²) in [6.45, 7) is 5.58. The summed E-state index contributed by atoms with van der Waals surface area (Å²) in [6.07, 6.45) is 7.51. The van der Waals surface area contributed by atoms with Gasteiger partial charge in [-0.1, -0.05) is 26.7 Å². The van der Waals surface area contributed by atoms with Crippen LogP contribution in [-0.4, -0.2) is 32.1 Å². The van der Waals surface area contributed by atoms with Crippen LogP contribution in [0.5, 0.6) is 0 Å². The van der Waals surface area contributed by atoms with Gasteiger partial charge in [0.1, 0.15) is 5.56 Å². The van der Waals surface area contributed by atoms with Crippen LogP contribution >= 0.6 is 0 Å². The molecule has 6 nitrogen and oxygen atoms in total. The van der Waals surface area contributed by atoms with Crippen LogP contribution < -0.4 is 15.6 Å². The predicted molar refractivity (Wildman–Crippen MR) is 89.9 cm³/mol. The lowest BCUT2D eigenvalue weighted by Crippen LogP contribution is -2.43. The lowest BCUT2D eigenvalue weighted by molar-refractivity contribution is -0.684. The Morgan fingerprint density at radius 3 is 2.57 bits per heavy atom. The number of unbranched alkanes of at least 4 members (excludes halogenated alkanes) is 3. The topological polar surface area (TPSA) is 85.3 Å². The molecule has 1 aromatic heterocycles. The maximum Gasteiger partial charge on any atom is 0.343 e. The number of rotatable bonds is 9. The van der Waals surface area contributed by atoms with Crippen molar-refractivity contribution in [2.24, 2.45) is 5.73 Å². The minimum atomic E-state index is -0.412. The van der Waals surface area contributed by atoms with Crippen molar-refractivity contribution < 1.29 is 18.9 Å². The third kappa shape index (κ3) is 9.63. The zero-order chi connectivity index (χ0) is 17.5. The first-order valence-corrected chi connectivity index (χ1v) is 8.21. The van der Waals surface area contributed by atoms with Crippen LogP contribution in [0, 0.1) is 0 Å². The summed E-state index contributed by atoms with van der Waals surface area (Å²) in [4.78, 5) is 23.2. The number of hydrogen-bond donors (Lipinski definition) is 2. The number of methoxy groups -OCH3 is 1. The van der Waals surface area contributed by atoms with E-state index >= 15 is 0 Å². The number of nitrogens with two attached hydrogens (primary N) is 1. The van der Waals surface area contributed by atoms with Gasteiger partial charge >= 0.3 is 5.97 Å². The Balaban J connectivity index is 0.00000232. The highest BCUT2D eigenvalue weighted by Gasteiger charge is 2.13. The molecule has 0 saturated heterocycles. The van der Waals surface area contributed by atoms with Crippen LogP contribution in [0.4, 0.5) is 0 Å². The van der Waals surface area contributed by atoms with Gasteiger partial charge in [-0.25, -0.2) is 4.79 Å². The molecule has 0 bridgehead atoms. The molecule has 1 aromatic rings. The van der Waals surface area contributed by atoms with Gasteiger partial charge in [-0.2, -0.15) is 4.57 Å². The van der Waals surface area contributed by atoms with E-state index in [-0.39, 0.29) is 12.5 Å². The molecular weight excluding hydrogens is 294 g/mol. The normalized spacial score (nSPS) is 9.57. The minimum Gasteiger partial charge on any atom is -0.465 e. The Hall–Kier alpha value is -1.95. The highest BCUT2D eigenvalue weighted by atomic mass is 16.5. The molecule has 3 N–H and O–H groups in total. The van der Waals surface area contributed by atoms with Gasteiger partial charge in [-0.05, 0) is 25.5 Å². The van der Waals surface area contributed by atoms with Crippen molar-refractivity contribution in [3.05, 3.63) is 30.1 Å². The molecule has 130 valence electrons. The molecule has 0 saturated carbocycles. The molecule has 0 aliphatic heterocycles. The Bertz CT molecular complexity index is 464. The molecule has 23 heavy (non-hydrogen) atoms. The minimum absolute atomic E-state index is 0.0687. The average Bonchev–Trinajstić information content (AvgIpc) is 2.59. The third-order valence-electron chi connectivity index (χ3n) is 3.06. The van der Waals surface area contributed by atoms with Crippen LogP contribution in [0.15, 0.2) is 24.5 Å². The number of carbonyl (C=O) groups excluding carboxylic acids is 2. The molecule has 0 atom stereocenters. The van der Waals surface area contributed by atoms with E-state index in [0.717, 1.165) is 32.2 Å². The number of aromatic nitrogens is 1. The summed E-state index contributed by atoms with van der Waals surface area (Å²) in [5, 5.41) is 2.86. The summed E-state index contributed by atoms with van der Waals surface area (Å²) >= 11 is 0. The predicted octanol–water partition coefficient (Wildman–Crippen LogP) is 1.42. The van der Waals surface area contributed by atoms with Gasteiger partial charge < -0.3 is 15.8 Å². The summed E-state index contributed by atoms with van der Waals surface area (Å²) in [6, 6.07) is 3.37. The van der Waals surface area contributed by atoms with Crippen LogP contribution in [-0.2, 0) is 16.1 Å². The number of pyridine rings is 1. The molecule has 1 rings (SSSR count). The van der Waals surface area contributed by atoms with E-state index in [1.54, 1.807) is 29.1 Å². The number of ether oxygens (including phenoxy) is 1. The van der Waals surface area contributed by atoms with Crippen molar-refractivity contribution >= 4 is 11.9 Å². The average molecular weight is 324 g/mol. The van der Waals surface area contributed by atoms with Crippen molar-refractivity contribution in [1.82, 2.24) is 5.32 Å². The van der Waals surface area contributed by atoms with Gasteiger partial charge in [-0.15, -0.1) is 0 Å². The largest absolute Gasteiger partial charge is 0.465 e. The summed E-state index contributed by atoms with van der Waals surface area (Å²) in [7, 11) is 1.33. The van der Waals surface area contributed by atoms with E-state index in [0.29, 0.717) is 12.1 Å². The summed E-state index contributed by atoms with van der Waals surface area (Å²) in [5.41, 5.74) is 5.84. The highest BCUT2D eigenvalue weighted by molar-refractivity contribution is 5.88. The molecule has 1 amide bonds. The van der Waals surface area contributed by atoms with Gasteiger partial charge in [0.15, 0.2) is 12.4 Å². The molecule has 1 heterocycles. The molecule has 6 heteroatoms. The smallest absolute Gasteiger partial charge is 0.343 e. The van der Waals surface area contributed by atoms with Gasteiger partial charge in [0.25, 0.3) is 5.91 Å². The van der Waals surface area contributed by atoms with Gasteiger partial charge in [0.2, 0.25) is 6.54 Å². The van der Waals surface area contributed by atoms with Gasteiger partial charge in [0.05, 0.1) is 7.11 Å². The molecule has 0 aliphatic rings. The van der Waals surface area contributed by atoms with E-state index in [2.05, 4.69) is 10.1 Å². The maximum atomic E-state index is 11.8. The second-order valence-electron chi connectivity index (χ2n) is 4.81. The molecule has 0 unspecified atom stereocenters. The third-order valence-corrected chi connectivity index (χ3v) is 3.06. The number of hydrogen-bond acceptors (Lipinski definition) is 4. The Labute approximate surface area is 139 Å². The quantitative estimate of drug-likeness (QED) is 0.409. The molecular formula is C17H30N3O3+. The first-order valence-electron chi connectivity index (χ1n) is 8.21. The first kappa shape index (κ1) is 21.0. The fourth-order valence-electron chi connectivity index (χ4n) is 1.93. The zero-order valence-corrected chi connectivity index (χ0v) is 14.5. The molecule has 0 aliphatic carbocycles. The summed E-state index contributed by atoms with van der Waals surface area (Å²) in [5.74, 6) is -0.481. The highest BCUT2D eigenvalue weighted by Crippen LogP contribution is 1.97. The van der Waals surface area contributed by atoms with Crippen molar-refractivity contribution in [2.45, 2.75) is 46.1 Å². The standard InChI is InChI=1S/C15H23N3O3.C2H6/c1-21-15(20)13-7-6-10-18(11-13)12-14(19)17-9-5-3-2-4-8-16;1-2/h6-7,10-11H,2-5,8-9,12,16H2,1H3;1-2H3/p+1. The lowest BCUT2D eigenvalue weighted by atomic mass is 10.2. The van der Waals surface area contributed by atoms with Crippen LogP contribution in [0.2, 0.25) is 0 Å². The molecule has 0 aromatic carbocycles. The fraction of sp³-hybridized carbons (Fsp3) is 0.588. The Kier molecular flexibility index (Phi) is 12.5. The second-order valence-corrected chi connectivity index (χ2v) is 4.81. The van der Waals surface area contributed by atoms with Crippen molar-refractivity contribution in [3.63, 3.8) is 0 Å². The Morgan fingerprint density at radius 2 is 1.91 bits per heavy atom. The maximum absolute atomic E-state index is 11.8. The van der Waals surface area contributed by atoms with Crippen molar-refractivity contribution in [1.29, 1.82) is 0 Å². The van der Waals surface area contributed by atoms with Crippen molar-refractivity contribution in [3.8, 4) is 0 Å². The Morgan fingerprint density at radius 1 is 1.22 bits per heavy atom. The fourth-order valence-corrected chi connectivity index (χ4v) is 1.93. The van der Waals surface area contributed by atoms with E-state index in [4.69, 9.17) is 5.73 Å². The van der Waals surface area contributed by atoms with E-state index in [1.807, 2.05) is 13.8 Å². The molecule has 0 spiro atoms. The number of nitrogens with one attached hydrogen (secondary N) is 1. The lowest BCUT2D eigenvalue weighted by Gasteiger charge is -2.03. The molecule has 0 radical (unpaired) electrons.